The first kappa shape index (κ1) is 13.8. The Bertz CT molecular complexity index is 324. The van der Waals surface area contributed by atoms with Gasteiger partial charge >= 0.3 is 0 Å². The quantitative estimate of drug-likeness (QED) is 0.813. The third kappa shape index (κ3) is 2.85. The van der Waals surface area contributed by atoms with E-state index in [9.17, 15) is 5.26 Å². The molecule has 1 aliphatic heterocycles. The summed E-state index contributed by atoms with van der Waals surface area (Å²) >= 11 is 0. The predicted molar refractivity (Wildman–Crippen MR) is 73.0 cm³/mol. The minimum atomic E-state index is -0.546. The highest BCUT2D eigenvalue weighted by molar-refractivity contribution is 5.12. The van der Waals surface area contributed by atoms with Crippen molar-refractivity contribution >= 4 is 0 Å². The Balaban J connectivity index is 1.83. The van der Waals surface area contributed by atoms with Crippen LogP contribution in [0.5, 0.6) is 0 Å². The Morgan fingerprint density at radius 1 is 1.44 bits per heavy atom. The summed E-state index contributed by atoms with van der Waals surface area (Å²) in [4.78, 5) is 4.94. The van der Waals surface area contributed by atoms with Gasteiger partial charge in [-0.25, -0.2) is 0 Å². The maximum absolute atomic E-state index is 9.22. The standard InChI is InChI=1S/C14H26N4/c1-12-10-17(2)8-9-18(12)7-5-13-4-3-6-14(13,16)11-15/h12-13H,3-10,16H2,1-2H3. The number of piperazine rings is 1. The zero-order valence-corrected chi connectivity index (χ0v) is 11.7. The van der Waals surface area contributed by atoms with Gasteiger partial charge in [0, 0.05) is 25.7 Å². The molecule has 1 aliphatic carbocycles. The summed E-state index contributed by atoms with van der Waals surface area (Å²) in [7, 11) is 2.19. The van der Waals surface area contributed by atoms with Gasteiger partial charge in [0.1, 0.15) is 5.54 Å². The molecule has 0 radical (unpaired) electrons. The molecule has 2 fully saturated rings. The van der Waals surface area contributed by atoms with Crippen molar-refractivity contribution in [3.63, 3.8) is 0 Å². The summed E-state index contributed by atoms with van der Waals surface area (Å²) in [5.41, 5.74) is 5.64. The van der Waals surface area contributed by atoms with Crippen LogP contribution in [0.25, 0.3) is 0 Å². The molecule has 0 aromatic rings. The van der Waals surface area contributed by atoms with E-state index >= 15 is 0 Å². The van der Waals surface area contributed by atoms with Gasteiger partial charge in [0.15, 0.2) is 0 Å². The maximum Gasteiger partial charge on any atom is 0.107 e. The number of rotatable bonds is 3. The molecule has 18 heavy (non-hydrogen) atoms. The molecule has 102 valence electrons. The van der Waals surface area contributed by atoms with Crippen LogP contribution in [0.3, 0.4) is 0 Å². The van der Waals surface area contributed by atoms with Gasteiger partial charge in [-0.1, -0.05) is 6.42 Å². The van der Waals surface area contributed by atoms with E-state index in [0.29, 0.717) is 12.0 Å². The van der Waals surface area contributed by atoms with Crippen molar-refractivity contribution in [3.05, 3.63) is 0 Å². The Labute approximate surface area is 111 Å². The van der Waals surface area contributed by atoms with Gasteiger partial charge in [-0.3, -0.25) is 4.90 Å². The molecule has 0 bridgehead atoms. The lowest BCUT2D eigenvalue weighted by Gasteiger charge is -2.39. The van der Waals surface area contributed by atoms with E-state index in [1.165, 1.54) is 0 Å². The molecular formula is C14H26N4. The molecule has 0 aromatic carbocycles. The SMILES string of the molecule is CC1CN(C)CCN1CCC1CCCC1(N)C#N. The van der Waals surface area contributed by atoms with Crippen LogP contribution in [0.1, 0.15) is 32.6 Å². The molecular weight excluding hydrogens is 224 g/mol. The first-order valence-electron chi connectivity index (χ1n) is 7.18. The topological polar surface area (TPSA) is 56.3 Å². The van der Waals surface area contributed by atoms with Gasteiger partial charge in [-0.05, 0) is 45.7 Å². The molecule has 1 saturated heterocycles. The Morgan fingerprint density at radius 3 is 2.89 bits per heavy atom. The van der Waals surface area contributed by atoms with E-state index < -0.39 is 5.54 Å². The van der Waals surface area contributed by atoms with E-state index in [-0.39, 0.29) is 0 Å². The summed E-state index contributed by atoms with van der Waals surface area (Å²) in [6.45, 7) is 6.84. The fourth-order valence-electron chi connectivity index (χ4n) is 3.48. The average Bonchev–Trinajstić information content (AvgIpc) is 2.71. The first-order valence-corrected chi connectivity index (χ1v) is 7.18. The highest BCUT2D eigenvalue weighted by atomic mass is 15.3. The Hall–Kier alpha value is -0.630. The number of likely N-dealkylation sites (N-methyl/N-ethyl adjacent to an activating group) is 1. The fraction of sp³-hybridized carbons (Fsp3) is 0.929. The lowest BCUT2D eigenvalue weighted by molar-refractivity contribution is 0.0923. The lowest BCUT2D eigenvalue weighted by Crippen LogP contribution is -2.51. The van der Waals surface area contributed by atoms with E-state index in [2.05, 4.69) is 29.8 Å². The molecule has 2 aliphatic rings. The minimum Gasteiger partial charge on any atom is -0.313 e. The van der Waals surface area contributed by atoms with Crippen LogP contribution in [-0.2, 0) is 0 Å². The van der Waals surface area contributed by atoms with Crippen LogP contribution < -0.4 is 5.73 Å². The van der Waals surface area contributed by atoms with Gasteiger partial charge in [0.25, 0.3) is 0 Å². The van der Waals surface area contributed by atoms with E-state index in [4.69, 9.17) is 5.73 Å². The second-order valence-electron chi connectivity index (χ2n) is 6.18. The summed E-state index contributed by atoms with van der Waals surface area (Å²) in [6, 6.07) is 2.97. The molecule has 3 unspecified atom stereocenters. The van der Waals surface area contributed by atoms with Crippen molar-refractivity contribution < 1.29 is 0 Å². The molecule has 1 saturated carbocycles. The van der Waals surface area contributed by atoms with Crippen LogP contribution in [-0.4, -0.2) is 54.6 Å². The lowest BCUT2D eigenvalue weighted by atomic mass is 9.87. The number of nitriles is 1. The van der Waals surface area contributed by atoms with Crippen molar-refractivity contribution in [3.8, 4) is 6.07 Å². The van der Waals surface area contributed by atoms with Crippen LogP contribution in [0.15, 0.2) is 0 Å². The normalized spacial score (nSPS) is 38.8. The van der Waals surface area contributed by atoms with E-state index in [0.717, 1.165) is 51.9 Å². The van der Waals surface area contributed by atoms with Crippen LogP contribution >= 0.6 is 0 Å². The van der Waals surface area contributed by atoms with E-state index in [1.807, 2.05) is 0 Å². The van der Waals surface area contributed by atoms with Crippen LogP contribution in [0, 0.1) is 17.2 Å². The molecule has 1 heterocycles. The molecule has 4 heteroatoms. The zero-order valence-electron chi connectivity index (χ0n) is 11.7. The molecule has 2 N–H and O–H groups in total. The number of nitrogens with zero attached hydrogens (tertiary/aromatic N) is 3. The largest absolute Gasteiger partial charge is 0.313 e. The summed E-state index contributed by atoms with van der Waals surface area (Å²) < 4.78 is 0. The Morgan fingerprint density at radius 2 is 2.22 bits per heavy atom. The van der Waals surface area contributed by atoms with Gasteiger partial charge in [-0.15, -0.1) is 0 Å². The third-order valence-electron chi connectivity index (χ3n) is 4.81. The molecule has 4 nitrogen and oxygen atoms in total. The molecule has 0 spiro atoms. The van der Waals surface area contributed by atoms with Gasteiger partial charge in [-0.2, -0.15) is 5.26 Å². The smallest absolute Gasteiger partial charge is 0.107 e. The highest BCUT2D eigenvalue weighted by Gasteiger charge is 2.39. The zero-order chi connectivity index (χ0) is 13.2. The van der Waals surface area contributed by atoms with E-state index in [1.54, 1.807) is 0 Å². The highest BCUT2D eigenvalue weighted by Crippen LogP contribution is 2.35. The fourth-order valence-corrected chi connectivity index (χ4v) is 3.48. The van der Waals surface area contributed by atoms with Crippen LogP contribution in [0.4, 0.5) is 0 Å². The van der Waals surface area contributed by atoms with Crippen molar-refractivity contribution in [2.45, 2.75) is 44.2 Å². The van der Waals surface area contributed by atoms with Crippen molar-refractivity contribution in [2.75, 3.05) is 33.2 Å². The Kier molecular flexibility index (Phi) is 4.26. The van der Waals surface area contributed by atoms with Gasteiger partial charge in [0.2, 0.25) is 0 Å². The van der Waals surface area contributed by atoms with Crippen molar-refractivity contribution in [1.82, 2.24) is 9.80 Å². The maximum atomic E-state index is 9.22. The first-order chi connectivity index (χ1) is 8.55. The van der Waals surface area contributed by atoms with Gasteiger partial charge < -0.3 is 10.6 Å². The van der Waals surface area contributed by atoms with Gasteiger partial charge in [0.05, 0.1) is 6.07 Å². The van der Waals surface area contributed by atoms with Crippen LogP contribution in [0.2, 0.25) is 0 Å². The monoisotopic (exact) mass is 250 g/mol. The third-order valence-corrected chi connectivity index (χ3v) is 4.81. The molecule has 0 aromatic heterocycles. The summed E-state index contributed by atoms with van der Waals surface area (Å²) in [5.74, 6) is 0.398. The summed E-state index contributed by atoms with van der Waals surface area (Å²) in [5, 5.41) is 9.22. The average molecular weight is 250 g/mol. The molecule has 2 rings (SSSR count). The summed E-state index contributed by atoms with van der Waals surface area (Å²) in [6.07, 6.45) is 4.21. The number of hydrogen-bond acceptors (Lipinski definition) is 4. The van der Waals surface area contributed by atoms with Crippen molar-refractivity contribution in [1.29, 1.82) is 5.26 Å². The number of hydrogen-bond donors (Lipinski definition) is 1. The second-order valence-corrected chi connectivity index (χ2v) is 6.18. The molecule has 3 atom stereocenters. The number of nitrogens with two attached hydrogens (primary N) is 1. The minimum absolute atomic E-state index is 0.398. The molecule has 0 amide bonds. The second kappa shape index (κ2) is 5.56. The van der Waals surface area contributed by atoms with Crippen molar-refractivity contribution in [2.24, 2.45) is 11.7 Å². The predicted octanol–water partition coefficient (Wildman–Crippen LogP) is 1.03.